The van der Waals surface area contributed by atoms with E-state index in [-0.39, 0.29) is 18.4 Å². The molecule has 0 aliphatic heterocycles. The number of nitrogens with zero attached hydrogens (tertiary/aromatic N) is 2. The van der Waals surface area contributed by atoms with Gasteiger partial charge in [-0.3, -0.25) is 9.59 Å². The number of carbonyl (C=O) groups excluding carboxylic acids is 2. The molecule has 2 N–H and O–H groups in total. The maximum absolute atomic E-state index is 11.5. The number of fused-ring (bicyclic) bond motifs is 1. The lowest BCUT2D eigenvalue weighted by Crippen LogP contribution is -2.35. The van der Waals surface area contributed by atoms with Crippen molar-refractivity contribution in [2.24, 2.45) is 12.1 Å². The number of hydrogen-bond acceptors (Lipinski definition) is 4. The molecule has 2 rings (SSSR count). The molecule has 106 valence electrons. The number of carbonyl (C=O) groups is 2. The van der Waals surface area contributed by atoms with Crippen molar-refractivity contribution < 1.29 is 9.59 Å². The Balaban J connectivity index is 2.08. The van der Waals surface area contributed by atoms with Gasteiger partial charge in [0, 0.05) is 13.5 Å². The fraction of sp³-hybridized carbons (Fsp3) is 0.308. The van der Waals surface area contributed by atoms with Gasteiger partial charge in [0.1, 0.15) is 0 Å². The van der Waals surface area contributed by atoms with Crippen LogP contribution in [-0.4, -0.2) is 22.9 Å². The zero-order chi connectivity index (χ0) is 14.5. The molecule has 0 radical (unpaired) electrons. The molecule has 0 fully saturated rings. The first kappa shape index (κ1) is 14.3. The van der Waals surface area contributed by atoms with Crippen molar-refractivity contribution in [3.05, 3.63) is 29.1 Å². The van der Waals surface area contributed by atoms with Crippen LogP contribution in [0.3, 0.4) is 0 Å². The largest absolute Gasteiger partial charge is 0.347 e. The zero-order valence-electron chi connectivity index (χ0n) is 11.3. The van der Waals surface area contributed by atoms with Gasteiger partial charge in [-0.2, -0.15) is 0 Å². The fourth-order valence-corrected chi connectivity index (χ4v) is 2.62. The molecule has 2 amide bonds. The summed E-state index contributed by atoms with van der Waals surface area (Å²) in [5.41, 5.74) is 3.50. The van der Waals surface area contributed by atoms with E-state index in [1.165, 1.54) is 11.3 Å². The van der Waals surface area contributed by atoms with Crippen molar-refractivity contribution in [3.8, 4) is 0 Å². The summed E-state index contributed by atoms with van der Waals surface area (Å²) < 4.78 is 3.01. The van der Waals surface area contributed by atoms with Gasteiger partial charge in [0.25, 0.3) is 5.91 Å². The lowest BCUT2D eigenvalue weighted by atomic mass is 10.3. The number of hydrogen-bond donors (Lipinski definition) is 2. The average molecular weight is 292 g/mol. The van der Waals surface area contributed by atoms with Crippen LogP contribution in [-0.2, 0) is 16.6 Å². The summed E-state index contributed by atoms with van der Waals surface area (Å²) in [5.74, 6) is -0.503. The number of rotatable bonds is 4. The number of thiazole rings is 1. The molecule has 7 heteroatoms. The summed E-state index contributed by atoms with van der Waals surface area (Å²) in [6.45, 7) is 1.67. The third-order valence-corrected chi connectivity index (χ3v) is 3.87. The molecule has 2 aromatic rings. The monoisotopic (exact) mass is 292 g/mol. The Labute approximate surface area is 120 Å². The number of benzene rings is 1. The van der Waals surface area contributed by atoms with E-state index in [1.807, 2.05) is 35.9 Å². The van der Waals surface area contributed by atoms with Crippen LogP contribution in [0, 0.1) is 0 Å². The van der Waals surface area contributed by atoms with Crippen molar-refractivity contribution in [3.63, 3.8) is 0 Å². The molecule has 6 nitrogen and oxygen atoms in total. The summed E-state index contributed by atoms with van der Waals surface area (Å²) in [6, 6.07) is 7.91. The molecule has 0 unspecified atom stereocenters. The third-order valence-electron chi connectivity index (χ3n) is 2.76. The van der Waals surface area contributed by atoms with E-state index in [1.54, 1.807) is 6.92 Å². The quantitative estimate of drug-likeness (QED) is 0.814. The van der Waals surface area contributed by atoms with Gasteiger partial charge in [0.2, 0.25) is 10.7 Å². The molecule has 0 atom stereocenters. The highest BCUT2D eigenvalue weighted by atomic mass is 32.1. The molecular weight excluding hydrogens is 276 g/mol. The van der Waals surface area contributed by atoms with E-state index in [0.29, 0.717) is 11.2 Å². The van der Waals surface area contributed by atoms with Gasteiger partial charge >= 0.3 is 0 Å². The van der Waals surface area contributed by atoms with Crippen LogP contribution < -0.4 is 15.5 Å². The number of para-hydroxylation sites is 1. The minimum Gasteiger partial charge on any atom is -0.347 e. The van der Waals surface area contributed by atoms with Crippen LogP contribution in [0.2, 0.25) is 0 Å². The molecule has 1 aromatic heterocycles. The number of aryl methyl sites for hydroxylation is 1. The van der Waals surface area contributed by atoms with Crippen molar-refractivity contribution in [2.45, 2.75) is 13.3 Å². The minimum atomic E-state index is -0.343. The maximum atomic E-state index is 11.5. The number of amides is 2. The molecule has 0 aliphatic rings. The Morgan fingerprint density at radius 3 is 2.75 bits per heavy atom. The standard InChI is InChI=1S/C13H16N4O2S/c1-3-11(18)14-8-12(19)15-16-13-17(2)9-6-4-5-7-10(9)20-13/h4-7H,3,8H2,1-2H3,(H,14,18)(H,15,19). The normalized spacial score (nSPS) is 11.6. The van der Waals surface area contributed by atoms with Gasteiger partial charge in [-0.1, -0.05) is 30.4 Å². The Bertz CT molecular complexity index is 702. The Morgan fingerprint density at radius 2 is 2.05 bits per heavy atom. The summed E-state index contributed by atoms with van der Waals surface area (Å²) in [6.07, 6.45) is 0.357. The van der Waals surface area contributed by atoms with Crippen molar-refractivity contribution in [1.82, 2.24) is 15.3 Å². The highest BCUT2D eigenvalue weighted by molar-refractivity contribution is 7.16. The average Bonchev–Trinajstić information content (AvgIpc) is 2.79. The van der Waals surface area contributed by atoms with Crippen LogP contribution in [0.4, 0.5) is 0 Å². The van der Waals surface area contributed by atoms with Crippen molar-refractivity contribution >= 4 is 33.4 Å². The SMILES string of the molecule is CCC(=O)NCC(=O)NN=c1sc2ccccc2n1C. The van der Waals surface area contributed by atoms with Gasteiger partial charge in [-0.25, -0.2) is 5.43 Å². The van der Waals surface area contributed by atoms with Gasteiger partial charge in [0.15, 0.2) is 0 Å². The second-order valence-corrected chi connectivity index (χ2v) is 5.20. The van der Waals surface area contributed by atoms with Crippen LogP contribution in [0.5, 0.6) is 0 Å². The Kier molecular flexibility index (Phi) is 4.52. The molecule has 1 heterocycles. The molecule has 0 bridgehead atoms. The summed E-state index contributed by atoms with van der Waals surface area (Å²) in [4.78, 5) is 23.3. The highest BCUT2D eigenvalue weighted by Gasteiger charge is 2.04. The van der Waals surface area contributed by atoms with Crippen molar-refractivity contribution in [1.29, 1.82) is 0 Å². The summed E-state index contributed by atoms with van der Waals surface area (Å²) >= 11 is 1.49. The molecule has 0 saturated carbocycles. The smallest absolute Gasteiger partial charge is 0.259 e. The first-order valence-corrected chi connectivity index (χ1v) is 7.07. The predicted molar refractivity (Wildman–Crippen MR) is 77.8 cm³/mol. The lowest BCUT2D eigenvalue weighted by molar-refractivity contribution is -0.125. The number of nitrogens with one attached hydrogen (secondary N) is 2. The zero-order valence-corrected chi connectivity index (χ0v) is 12.2. The van der Waals surface area contributed by atoms with Crippen LogP contribution >= 0.6 is 11.3 Å². The molecule has 1 aromatic carbocycles. The predicted octanol–water partition coefficient (Wildman–Crippen LogP) is 0.698. The van der Waals surface area contributed by atoms with Gasteiger partial charge in [-0.05, 0) is 12.1 Å². The second-order valence-electron chi connectivity index (χ2n) is 4.19. The highest BCUT2D eigenvalue weighted by Crippen LogP contribution is 2.14. The lowest BCUT2D eigenvalue weighted by Gasteiger charge is -2.01. The maximum Gasteiger partial charge on any atom is 0.259 e. The van der Waals surface area contributed by atoms with Gasteiger partial charge in [-0.15, -0.1) is 5.10 Å². The first-order chi connectivity index (χ1) is 9.61. The molecule has 0 saturated heterocycles. The van der Waals surface area contributed by atoms with E-state index in [0.717, 1.165) is 10.2 Å². The van der Waals surface area contributed by atoms with Crippen LogP contribution in [0.1, 0.15) is 13.3 Å². The first-order valence-electron chi connectivity index (χ1n) is 6.25. The fourth-order valence-electron chi connectivity index (χ4n) is 1.64. The van der Waals surface area contributed by atoms with Gasteiger partial charge in [0.05, 0.1) is 16.8 Å². The number of aromatic nitrogens is 1. The van der Waals surface area contributed by atoms with E-state index >= 15 is 0 Å². The minimum absolute atomic E-state index is 0.0647. The third kappa shape index (κ3) is 3.24. The van der Waals surface area contributed by atoms with Crippen molar-refractivity contribution in [2.75, 3.05) is 6.54 Å². The van der Waals surface area contributed by atoms with Crippen LogP contribution in [0.15, 0.2) is 29.4 Å². The van der Waals surface area contributed by atoms with E-state index in [9.17, 15) is 9.59 Å². The van der Waals surface area contributed by atoms with E-state index in [4.69, 9.17) is 0 Å². The molecule has 0 aliphatic carbocycles. The topological polar surface area (TPSA) is 75.5 Å². The Hall–Kier alpha value is -2.15. The summed E-state index contributed by atoms with van der Waals surface area (Å²) in [7, 11) is 1.89. The molecule has 0 spiro atoms. The van der Waals surface area contributed by atoms with E-state index < -0.39 is 0 Å². The summed E-state index contributed by atoms with van der Waals surface area (Å²) in [5, 5.41) is 6.57. The van der Waals surface area contributed by atoms with Gasteiger partial charge < -0.3 is 9.88 Å². The molecule has 20 heavy (non-hydrogen) atoms. The molecular formula is C13H16N4O2S. The Morgan fingerprint density at radius 1 is 1.30 bits per heavy atom. The van der Waals surface area contributed by atoms with Crippen LogP contribution in [0.25, 0.3) is 10.2 Å². The second kappa shape index (κ2) is 6.33. The van der Waals surface area contributed by atoms with E-state index in [2.05, 4.69) is 15.8 Å².